The molecule has 119 valence electrons. The predicted octanol–water partition coefficient (Wildman–Crippen LogP) is 3.91. The van der Waals surface area contributed by atoms with E-state index >= 15 is 0 Å². The molecule has 1 aliphatic rings. The van der Waals surface area contributed by atoms with E-state index in [2.05, 4.69) is 37.4 Å². The summed E-state index contributed by atoms with van der Waals surface area (Å²) in [4.78, 5) is 14.7. The van der Waals surface area contributed by atoms with Crippen LogP contribution in [0.25, 0.3) is 10.9 Å². The average molecular weight is 310 g/mol. The summed E-state index contributed by atoms with van der Waals surface area (Å²) in [5.74, 6) is -0.372. The molecule has 0 aliphatic heterocycles. The van der Waals surface area contributed by atoms with Crippen molar-refractivity contribution in [3.05, 3.63) is 65.2 Å². The van der Waals surface area contributed by atoms with Gasteiger partial charge in [0, 0.05) is 24.4 Å². The van der Waals surface area contributed by atoms with Crippen molar-refractivity contribution in [1.82, 2.24) is 4.98 Å². The number of methoxy groups -OCH3 is 2. The first-order valence-electron chi connectivity index (χ1n) is 7.48. The summed E-state index contributed by atoms with van der Waals surface area (Å²) < 4.78 is 10.6. The van der Waals surface area contributed by atoms with Crippen LogP contribution in [-0.2, 0) is 15.1 Å². The monoisotopic (exact) mass is 310 g/mol. The van der Waals surface area contributed by atoms with Crippen molar-refractivity contribution in [3.63, 3.8) is 0 Å². The molecule has 1 N–H and O–H groups in total. The lowest BCUT2D eigenvalue weighted by atomic mass is 9.83. The number of allylic oxidation sites excluding steroid dienone is 2. The summed E-state index contributed by atoms with van der Waals surface area (Å²) in [6.45, 7) is 4.13. The molecule has 0 bridgehead atoms. The van der Waals surface area contributed by atoms with Crippen LogP contribution in [0.1, 0.15) is 29.9 Å². The first kappa shape index (κ1) is 15.6. The van der Waals surface area contributed by atoms with E-state index in [1.807, 2.05) is 18.2 Å². The fraction of sp³-hybridized carbons (Fsp3) is 0.263. The van der Waals surface area contributed by atoms with E-state index in [9.17, 15) is 4.79 Å². The summed E-state index contributed by atoms with van der Waals surface area (Å²) in [6.07, 6.45) is 6.34. The van der Waals surface area contributed by atoms with Gasteiger partial charge in [0.1, 0.15) is 11.3 Å². The number of fused-ring (bicyclic) bond motifs is 1. The van der Waals surface area contributed by atoms with Crippen LogP contribution in [0.3, 0.4) is 0 Å². The van der Waals surface area contributed by atoms with Gasteiger partial charge >= 0.3 is 5.97 Å². The smallest absolute Gasteiger partial charge is 0.354 e. The van der Waals surface area contributed by atoms with E-state index in [0.29, 0.717) is 5.69 Å². The zero-order valence-corrected chi connectivity index (χ0v) is 13.8. The third-order valence-electron chi connectivity index (χ3n) is 4.15. The Kier molecular flexibility index (Phi) is 3.86. The number of aromatic nitrogens is 1. The maximum atomic E-state index is 11.7. The van der Waals surface area contributed by atoms with Crippen molar-refractivity contribution >= 4 is 16.9 Å². The molecule has 1 heterocycles. The van der Waals surface area contributed by atoms with Gasteiger partial charge < -0.3 is 14.5 Å². The van der Waals surface area contributed by atoms with E-state index in [1.54, 1.807) is 13.2 Å². The molecule has 1 aliphatic carbocycles. The number of H-pyrrole nitrogens is 1. The number of aromatic amines is 1. The molecule has 0 saturated heterocycles. The molecule has 0 unspecified atom stereocenters. The molecule has 0 amide bonds. The fourth-order valence-corrected chi connectivity index (χ4v) is 3.16. The lowest BCUT2D eigenvalue weighted by Crippen LogP contribution is -2.26. The second-order valence-corrected chi connectivity index (χ2v) is 5.89. The highest BCUT2D eigenvalue weighted by atomic mass is 16.5. The summed E-state index contributed by atoms with van der Waals surface area (Å²) in [6, 6.07) is 7.82. The Labute approximate surface area is 135 Å². The molecule has 0 atom stereocenters. The zero-order chi connectivity index (χ0) is 16.6. The minimum absolute atomic E-state index is 0.372. The molecule has 1 aromatic carbocycles. The Balaban J connectivity index is 2.12. The van der Waals surface area contributed by atoms with Gasteiger partial charge in [-0.3, -0.25) is 0 Å². The van der Waals surface area contributed by atoms with Crippen LogP contribution in [0.4, 0.5) is 0 Å². The van der Waals surface area contributed by atoms with Crippen LogP contribution in [-0.4, -0.2) is 25.2 Å². The molecule has 4 heteroatoms. The number of nitrogens with one attached hydrogen (secondary N) is 1. The van der Waals surface area contributed by atoms with Crippen LogP contribution >= 0.6 is 0 Å². The first-order chi connectivity index (χ1) is 11.0. The minimum atomic E-state index is -0.584. The van der Waals surface area contributed by atoms with Gasteiger partial charge in [0.15, 0.2) is 0 Å². The van der Waals surface area contributed by atoms with Gasteiger partial charge in [0.05, 0.1) is 7.11 Å². The molecule has 1 radical (unpaired) electrons. The second-order valence-electron chi connectivity index (χ2n) is 5.89. The molecule has 3 rings (SSSR count). The van der Waals surface area contributed by atoms with E-state index in [-0.39, 0.29) is 5.97 Å². The molecule has 0 saturated carbocycles. The molecule has 1 aromatic heterocycles. The Morgan fingerprint density at radius 1 is 1.09 bits per heavy atom. The van der Waals surface area contributed by atoms with Gasteiger partial charge in [-0.05, 0) is 49.8 Å². The van der Waals surface area contributed by atoms with Crippen LogP contribution in [0.5, 0.6) is 0 Å². The average Bonchev–Trinajstić information content (AvgIpc) is 2.96. The van der Waals surface area contributed by atoms with E-state index in [1.165, 1.54) is 7.11 Å². The largest absolute Gasteiger partial charge is 0.464 e. The van der Waals surface area contributed by atoms with Gasteiger partial charge in [0.25, 0.3) is 0 Å². The summed E-state index contributed by atoms with van der Waals surface area (Å²) >= 11 is 0. The molecular formula is C19H20NO3. The van der Waals surface area contributed by atoms with E-state index in [4.69, 9.17) is 9.47 Å². The SMILES string of the molecule is COC(=O)c1cc2cc(C3(OC)C=C(C)[CH]C(C)=C3)ccc2[nH]1. The normalized spacial score (nSPS) is 16.9. The number of hydrogen-bond donors (Lipinski definition) is 1. The zero-order valence-electron chi connectivity index (χ0n) is 13.8. The van der Waals surface area contributed by atoms with Crippen LogP contribution in [0, 0.1) is 6.42 Å². The van der Waals surface area contributed by atoms with Crippen LogP contribution < -0.4 is 0 Å². The maximum absolute atomic E-state index is 11.7. The maximum Gasteiger partial charge on any atom is 0.354 e. The Bertz CT molecular complexity index is 808. The molecular weight excluding hydrogens is 290 g/mol. The first-order valence-corrected chi connectivity index (χ1v) is 7.48. The van der Waals surface area contributed by atoms with Crippen molar-refractivity contribution in [3.8, 4) is 0 Å². The number of ether oxygens (including phenoxy) is 2. The van der Waals surface area contributed by atoms with Gasteiger partial charge in [0.2, 0.25) is 0 Å². The molecule has 0 fully saturated rings. The minimum Gasteiger partial charge on any atom is -0.464 e. The quantitative estimate of drug-likeness (QED) is 0.875. The lowest BCUT2D eigenvalue weighted by molar-refractivity contribution is 0.0595. The fourth-order valence-electron chi connectivity index (χ4n) is 3.16. The van der Waals surface area contributed by atoms with Crippen molar-refractivity contribution in [2.45, 2.75) is 19.4 Å². The Morgan fingerprint density at radius 3 is 2.39 bits per heavy atom. The Hall–Kier alpha value is -2.33. The topological polar surface area (TPSA) is 51.3 Å². The summed E-state index contributed by atoms with van der Waals surface area (Å²) in [5.41, 5.74) is 4.10. The predicted molar refractivity (Wildman–Crippen MR) is 90.1 cm³/mol. The number of hydrogen-bond acceptors (Lipinski definition) is 3. The van der Waals surface area contributed by atoms with Crippen molar-refractivity contribution in [2.75, 3.05) is 14.2 Å². The number of carbonyl (C=O) groups is 1. The van der Waals surface area contributed by atoms with Gasteiger partial charge in [-0.25, -0.2) is 4.79 Å². The highest BCUT2D eigenvalue weighted by molar-refractivity contribution is 5.95. The van der Waals surface area contributed by atoms with Crippen molar-refractivity contribution in [2.24, 2.45) is 0 Å². The van der Waals surface area contributed by atoms with Crippen LogP contribution in [0.15, 0.2) is 47.6 Å². The van der Waals surface area contributed by atoms with Crippen molar-refractivity contribution in [1.29, 1.82) is 0 Å². The van der Waals surface area contributed by atoms with Gasteiger partial charge in [-0.15, -0.1) is 0 Å². The molecule has 23 heavy (non-hydrogen) atoms. The third kappa shape index (κ3) is 2.70. The van der Waals surface area contributed by atoms with Crippen molar-refractivity contribution < 1.29 is 14.3 Å². The highest BCUT2D eigenvalue weighted by Crippen LogP contribution is 2.37. The number of rotatable bonds is 3. The summed E-state index contributed by atoms with van der Waals surface area (Å²) in [7, 11) is 3.08. The lowest BCUT2D eigenvalue weighted by Gasteiger charge is -2.31. The number of esters is 1. The summed E-state index contributed by atoms with van der Waals surface area (Å²) in [5, 5.41) is 0.950. The number of benzene rings is 1. The second kappa shape index (κ2) is 5.70. The molecule has 2 aromatic rings. The van der Waals surface area contributed by atoms with Crippen LogP contribution in [0.2, 0.25) is 0 Å². The number of carbonyl (C=O) groups excluding carboxylic acids is 1. The Morgan fingerprint density at radius 2 is 1.78 bits per heavy atom. The van der Waals surface area contributed by atoms with Gasteiger partial charge in [-0.2, -0.15) is 0 Å². The van der Waals surface area contributed by atoms with E-state index in [0.717, 1.165) is 27.6 Å². The molecule has 0 spiro atoms. The third-order valence-corrected chi connectivity index (χ3v) is 4.15. The standard InChI is InChI=1S/C19H20NO3/c1-12-7-13(2)11-19(10-12,23-4)15-5-6-16-14(8-15)9-17(20-16)18(21)22-3/h5-11,20H,1-4H3. The highest BCUT2D eigenvalue weighted by Gasteiger charge is 2.30. The molecule has 4 nitrogen and oxygen atoms in total. The van der Waals surface area contributed by atoms with E-state index < -0.39 is 5.60 Å². The van der Waals surface area contributed by atoms with Gasteiger partial charge in [-0.1, -0.05) is 17.2 Å².